The van der Waals surface area contributed by atoms with Crippen LogP contribution in [-0.4, -0.2) is 62.3 Å². The first-order chi connectivity index (χ1) is 22.8. The summed E-state index contributed by atoms with van der Waals surface area (Å²) in [5.74, 6) is -44.8. The van der Waals surface area contributed by atoms with E-state index >= 15 is 0 Å². The first-order valence-corrected chi connectivity index (χ1v) is 12.6. The summed E-state index contributed by atoms with van der Waals surface area (Å²) >= 11 is 0. The van der Waals surface area contributed by atoms with E-state index in [9.17, 15) is 80.2 Å². The van der Waals surface area contributed by atoms with Gasteiger partial charge in [0.05, 0.1) is 0 Å². The van der Waals surface area contributed by atoms with E-state index in [4.69, 9.17) is 0 Å². The lowest BCUT2D eigenvalue weighted by molar-refractivity contribution is 0.0319. The van der Waals surface area contributed by atoms with Crippen molar-refractivity contribution in [2.75, 3.05) is 39.5 Å². The fourth-order valence-corrected chi connectivity index (χ4v) is 3.71. The van der Waals surface area contributed by atoms with E-state index in [1.807, 2.05) is 0 Å². The van der Waals surface area contributed by atoms with Crippen LogP contribution in [0.3, 0.4) is 0 Å². The minimum absolute atomic E-state index is 0.763. The third-order valence-electron chi connectivity index (χ3n) is 6.16. The van der Waals surface area contributed by atoms with Crippen molar-refractivity contribution in [3.05, 3.63) is 104 Å². The van der Waals surface area contributed by atoms with Gasteiger partial charge in [-0.1, -0.05) is 0 Å². The second kappa shape index (κ2) is 15.5. The van der Waals surface area contributed by atoms with Crippen LogP contribution in [0.15, 0.2) is 0 Å². The third kappa shape index (κ3) is 7.67. The Morgan fingerprint density at radius 3 is 0.673 bits per heavy atom. The van der Waals surface area contributed by atoms with Crippen molar-refractivity contribution in [1.29, 1.82) is 0 Å². The Morgan fingerprint density at radius 2 is 0.490 bits per heavy atom. The van der Waals surface area contributed by atoms with Crippen molar-refractivity contribution in [2.45, 2.75) is 0 Å². The molecule has 266 valence electrons. The smallest absolute Gasteiger partial charge is 0.344 e. The number of esters is 3. The highest BCUT2D eigenvalue weighted by Crippen LogP contribution is 2.26. The van der Waals surface area contributed by atoms with Gasteiger partial charge in [-0.3, -0.25) is 4.90 Å². The standard InChI is InChI=1S/C27H12F15NO6/c28-10-7(11(29)17(35)22(40)16(10)34)25(44)47-4-1-43(2-5-48-26(45)8-12(30)18(36)23(41)19(37)13(8)31)3-6-49-27(46)9-14(32)20(38)24(42)21(39)15(9)33/h1-6H2. The van der Waals surface area contributed by atoms with Gasteiger partial charge in [0.15, 0.2) is 69.8 Å². The van der Waals surface area contributed by atoms with Crippen molar-refractivity contribution in [3.63, 3.8) is 0 Å². The first kappa shape index (κ1) is 38.4. The number of nitrogens with zero attached hydrogens (tertiary/aromatic N) is 1. The van der Waals surface area contributed by atoms with Gasteiger partial charge in [0.25, 0.3) is 0 Å². The molecule has 0 heterocycles. The van der Waals surface area contributed by atoms with Crippen molar-refractivity contribution < 1.29 is 94.5 Å². The minimum Gasteiger partial charge on any atom is -0.461 e. The molecular weight excluding hydrogens is 719 g/mol. The number of rotatable bonds is 12. The van der Waals surface area contributed by atoms with E-state index < -0.39 is 161 Å². The molecule has 49 heavy (non-hydrogen) atoms. The highest BCUT2D eigenvalue weighted by molar-refractivity contribution is 5.91. The van der Waals surface area contributed by atoms with Gasteiger partial charge in [0, 0.05) is 19.6 Å². The molecular formula is C27H12F15NO6. The van der Waals surface area contributed by atoms with E-state index in [2.05, 4.69) is 14.2 Å². The van der Waals surface area contributed by atoms with Crippen LogP contribution in [-0.2, 0) is 14.2 Å². The topological polar surface area (TPSA) is 82.1 Å². The summed E-state index contributed by atoms with van der Waals surface area (Å²) in [6.07, 6.45) is 0. The Bertz CT molecular complexity index is 1540. The Hall–Kier alpha value is -5.02. The summed E-state index contributed by atoms with van der Waals surface area (Å²) in [5.41, 5.74) is -6.09. The number of benzene rings is 3. The first-order valence-electron chi connectivity index (χ1n) is 12.6. The zero-order valence-corrected chi connectivity index (χ0v) is 23.3. The van der Waals surface area contributed by atoms with Gasteiger partial charge in [0.1, 0.15) is 36.5 Å². The van der Waals surface area contributed by atoms with Crippen LogP contribution in [0.25, 0.3) is 0 Å². The van der Waals surface area contributed by atoms with Gasteiger partial charge in [-0.15, -0.1) is 0 Å². The molecule has 0 aliphatic heterocycles. The summed E-state index contributed by atoms with van der Waals surface area (Å²) in [6, 6.07) is 0. The molecule has 0 saturated heterocycles. The summed E-state index contributed by atoms with van der Waals surface area (Å²) in [6.45, 7) is -5.47. The van der Waals surface area contributed by atoms with Crippen molar-refractivity contribution >= 4 is 17.9 Å². The fourth-order valence-electron chi connectivity index (χ4n) is 3.71. The lowest BCUT2D eigenvalue weighted by atomic mass is 10.1. The van der Waals surface area contributed by atoms with Gasteiger partial charge >= 0.3 is 17.9 Å². The Kier molecular flexibility index (Phi) is 12.1. The highest BCUT2D eigenvalue weighted by atomic mass is 19.2. The normalized spacial score (nSPS) is 11.3. The largest absolute Gasteiger partial charge is 0.461 e. The molecule has 7 nitrogen and oxygen atoms in total. The highest BCUT2D eigenvalue weighted by Gasteiger charge is 2.33. The molecule has 3 aromatic carbocycles. The van der Waals surface area contributed by atoms with Crippen LogP contribution in [0.1, 0.15) is 31.1 Å². The molecule has 0 bridgehead atoms. The average Bonchev–Trinajstić information content (AvgIpc) is 3.06. The molecule has 0 aliphatic rings. The molecule has 0 spiro atoms. The maximum atomic E-state index is 13.9. The maximum Gasteiger partial charge on any atom is 0.344 e. The van der Waals surface area contributed by atoms with Crippen LogP contribution >= 0.6 is 0 Å². The van der Waals surface area contributed by atoms with Crippen molar-refractivity contribution in [3.8, 4) is 0 Å². The summed E-state index contributed by atoms with van der Waals surface area (Å²) in [7, 11) is 0. The van der Waals surface area contributed by atoms with E-state index in [1.165, 1.54) is 0 Å². The van der Waals surface area contributed by atoms with E-state index in [1.54, 1.807) is 0 Å². The predicted octanol–water partition coefficient (Wildman–Crippen LogP) is 5.95. The molecule has 0 N–H and O–H groups in total. The Labute approximate surface area is 261 Å². The van der Waals surface area contributed by atoms with Crippen molar-refractivity contribution in [2.24, 2.45) is 0 Å². The fraction of sp³-hybridized carbons (Fsp3) is 0.222. The molecule has 3 rings (SSSR count). The number of carbonyl (C=O) groups excluding carboxylic acids is 3. The van der Waals surface area contributed by atoms with Crippen LogP contribution in [0.2, 0.25) is 0 Å². The molecule has 0 aliphatic carbocycles. The predicted molar refractivity (Wildman–Crippen MR) is 126 cm³/mol. The Morgan fingerprint density at radius 1 is 0.327 bits per heavy atom. The average molecular weight is 731 g/mol. The van der Waals surface area contributed by atoms with Gasteiger partial charge in [-0.05, 0) is 0 Å². The van der Waals surface area contributed by atoms with Crippen LogP contribution in [0.4, 0.5) is 65.9 Å². The number of halogens is 15. The van der Waals surface area contributed by atoms with Crippen LogP contribution in [0, 0.1) is 87.3 Å². The van der Waals surface area contributed by atoms with Gasteiger partial charge in [-0.25, -0.2) is 80.2 Å². The van der Waals surface area contributed by atoms with E-state index in [-0.39, 0.29) is 0 Å². The van der Waals surface area contributed by atoms with Gasteiger partial charge in [-0.2, -0.15) is 0 Å². The molecule has 0 atom stereocenters. The Balaban J connectivity index is 1.75. The molecule has 0 radical (unpaired) electrons. The number of carbonyl (C=O) groups is 3. The van der Waals surface area contributed by atoms with Crippen LogP contribution in [0.5, 0.6) is 0 Å². The minimum atomic E-state index is -2.61. The quantitative estimate of drug-likeness (QED) is 0.0750. The monoisotopic (exact) mass is 731 g/mol. The molecule has 0 fully saturated rings. The maximum absolute atomic E-state index is 13.9. The van der Waals surface area contributed by atoms with Gasteiger partial charge < -0.3 is 14.2 Å². The molecule has 22 heteroatoms. The summed E-state index contributed by atoms with van der Waals surface area (Å²) < 4.78 is 217. The number of hydrogen-bond acceptors (Lipinski definition) is 7. The molecule has 0 saturated carbocycles. The summed E-state index contributed by atoms with van der Waals surface area (Å²) in [5, 5.41) is 0. The zero-order valence-electron chi connectivity index (χ0n) is 23.3. The molecule has 0 amide bonds. The van der Waals surface area contributed by atoms with Crippen molar-refractivity contribution in [1.82, 2.24) is 4.90 Å². The third-order valence-corrected chi connectivity index (χ3v) is 6.16. The molecule has 0 unspecified atom stereocenters. The zero-order chi connectivity index (χ0) is 37.1. The van der Waals surface area contributed by atoms with Crippen LogP contribution < -0.4 is 0 Å². The number of ether oxygens (including phenoxy) is 3. The second-order valence-corrected chi connectivity index (χ2v) is 9.08. The molecule has 0 aromatic heterocycles. The molecule has 3 aromatic rings. The lowest BCUT2D eigenvalue weighted by Gasteiger charge is -2.22. The summed E-state index contributed by atoms with van der Waals surface area (Å²) in [4.78, 5) is 37.0. The SMILES string of the molecule is O=C(OCCN(CCOC(=O)c1c(F)c(F)c(F)c(F)c1F)CCOC(=O)c1c(F)c(F)c(F)c(F)c1F)c1c(F)c(F)c(F)c(F)c1F. The lowest BCUT2D eigenvalue weighted by Crippen LogP contribution is -2.35. The van der Waals surface area contributed by atoms with E-state index in [0.29, 0.717) is 0 Å². The number of hydrogen-bond donors (Lipinski definition) is 0. The van der Waals surface area contributed by atoms with E-state index in [0.717, 1.165) is 4.90 Å². The second-order valence-electron chi connectivity index (χ2n) is 9.08. The van der Waals surface area contributed by atoms with Gasteiger partial charge in [0.2, 0.25) is 17.5 Å².